The lowest BCUT2D eigenvalue weighted by atomic mass is 10.2. The molecule has 1 aliphatic heterocycles. The SMILES string of the molecule is COc1c(CCl)cc(Cl)cc1S(=O)(=O)N1CCOCC1C. The van der Waals surface area contributed by atoms with Crippen molar-refractivity contribution in [3.63, 3.8) is 0 Å². The lowest BCUT2D eigenvalue weighted by Gasteiger charge is -2.32. The Bertz CT molecular complexity index is 621. The summed E-state index contributed by atoms with van der Waals surface area (Å²) in [7, 11) is -2.31. The van der Waals surface area contributed by atoms with Crippen molar-refractivity contribution in [2.45, 2.75) is 23.7 Å². The topological polar surface area (TPSA) is 55.8 Å². The molecule has 8 heteroatoms. The number of methoxy groups -OCH3 is 1. The van der Waals surface area contributed by atoms with Gasteiger partial charge in [-0.2, -0.15) is 4.31 Å². The molecule has 0 saturated carbocycles. The highest BCUT2D eigenvalue weighted by Crippen LogP contribution is 2.35. The number of halogens is 2. The van der Waals surface area contributed by atoms with Crippen molar-refractivity contribution in [2.75, 3.05) is 26.9 Å². The van der Waals surface area contributed by atoms with E-state index in [0.29, 0.717) is 30.3 Å². The zero-order valence-corrected chi connectivity index (χ0v) is 14.1. The summed E-state index contributed by atoms with van der Waals surface area (Å²) in [5.74, 6) is 0.360. The highest BCUT2D eigenvalue weighted by molar-refractivity contribution is 7.89. The Kier molecular flexibility index (Phi) is 5.38. The van der Waals surface area contributed by atoms with Gasteiger partial charge in [0.1, 0.15) is 10.6 Å². The van der Waals surface area contributed by atoms with Crippen LogP contribution in [0.3, 0.4) is 0 Å². The summed E-state index contributed by atoms with van der Waals surface area (Å²) in [6.07, 6.45) is 0. The summed E-state index contributed by atoms with van der Waals surface area (Å²) in [5.41, 5.74) is 0.547. The summed E-state index contributed by atoms with van der Waals surface area (Å²) in [6.45, 7) is 2.84. The monoisotopic (exact) mass is 353 g/mol. The van der Waals surface area contributed by atoms with Crippen LogP contribution in [0.2, 0.25) is 5.02 Å². The highest BCUT2D eigenvalue weighted by Gasteiger charge is 2.34. The Balaban J connectivity index is 2.56. The first kappa shape index (κ1) is 16.8. The Labute approximate surface area is 134 Å². The molecule has 1 saturated heterocycles. The fraction of sp³-hybridized carbons (Fsp3) is 0.538. The lowest BCUT2D eigenvalue weighted by molar-refractivity contribution is 0.0392. The average molecular weight is 354 g/mol. The van der Waals surface area contributed by atoms with Crippen LogP contribution in [-0.4, -0.2) is 45.6 Å². The first-order valence-electron chi connectivity index (χ1n) is 6.43. The molecule has 5 nitrogen and oxygen atoms in total. The summed E-state index contributed by atoms with van der Waals surface area (Å²) in [5, 5.41) is 0.311. The normalized spacial score (nSPS) is 20.5. The molecule has 1 unspecified atom stereocenters. The molecule has 1 fully saturated rings. The summed E-state index contributed by atoms with van der Waals surface area (Å²) >= 11 is 11.9. The van der Waals surface area contributed by atoms with Gasteiger partial charge in [0.2, 0.25) is 10.0 Å². The molecule has 2 rings (SSSR count). The van der Waals surface area contributed by atoms with Crippen LogP contribution in [0.1, 0.15) is 12.5 Å². The molecule has 1 heterocycles. The molecular formula is C13H17Cl2NO4S. The van der Waals surface area contributed by atoms with Crippen molar-refractivity contribution in [3.05, 3.63) is 22.7 Å². The van der Waals surface area contributed by atoms with Crippen molar-refractivity contribution < 1.29 is 17.9 Å². The molecule has 21 heavy (non-hydrogen) atoms. The van der Waals surface area contributed by atoms with E-state index in [1.807, 2.05) is 0 Å². The van der Waals surface area contributed by atoms with E-state index < -0.39 is 10.0 Å². The van der Waals surface area contributed by atoms with Gasteiger partial charge in [-0.3, -0.25) is 0 Å². The van der Waals surface area contributed by atoms with E-state index in [2.05, 4.69) is 0 Å². The van der Waals surface area contributed by atoms with E-state index in [1.54, 1.807) is 13.0 Å². The van der Waals surface area contributed by atoms with Gasteiger partial charge in [-0.1, -0.05) is 11.6 Å². The number of morpholine rings is 1. The molecule has 0 aromatic heterocycles. The molecule has 1 atom stereocenters. The minimum Gasteiger partial charge on any atom is -0.495 e. The number of benzene rings is 1. The van der Waals surface area contributed by atoms with Gasteiger partial charge in [0.05, 0.1) is 26.2 Å². The molecule has 0 amide bonds. The molecule has 1 aliphatic rings. The van der Waals surface area contributed by atoms with E-state index in [4.69, 9.17) is 32.7 Å². The van der Waals surface area contributed by atoms with E-state index in [-0.39, 0.29) is 22.6 Å². The van der Waals surface area contributed by atoms with Crippen LogP contribution in [0.25, 0.3) is 0 Å². The Morgan fingerprint density at radius 2 is 2.19 bits per heavy atom. The first-order valence-corrected chi connectivity index (χ1v) is 8.79. The molecule has 0 aliphatic carbocycles. The molecular weight excluding hydrogens is 337 g/mol. The number of alkyl halides is 1. The van der Waals surface area contributed by atoms with Gasteiger partial charge >= 0.3 is 0 Å². The molecule has 0 bridgehead atoms. The number of ether oxygens (including phenoxy) is 2. The third-order valence-corrected chi connectivity index (χ3v) is 5.86. The maximum Gasteiger partial charge on any atom is 0.247 e. The maximum absolute atomic E-state index is 12.9. The Morgan fingerprint density at radius 3 is 2.76 bits per heavy atom. The maximum atomic E-state index is 12.9. The predicted molar refractivity (Wildman–Crippen MR) is 81.7 cm³/mol. The van der Waals surface area contributed by atoms with Crippen molar-refractivity contribution in [2.24, 2.45) is 0 Å². The number of sulfonamides is 1. The van der Waals surface area contributed by atoms with Gasteiger partial charge in [0.25, 0.3) is 0 Å². The van der Waals surface area contributed by atoms with Gasteiger partial charge in [-0.05, 0) is 19.1 Å². The number of hydrogen-bond donors (Lipinski definition) is 0. The minimum absolute atomic E-state index is 0.0434. The summed E-state index contributed by atoms with van der Waals surface area (Å²) in [6, 6.07) is 2.76. The average Bonchev–Trinajstić information content (AvgIpc) is 2.46. The molecule has 118 valence electrons. The van der Waals surface area contributed by atoms with E-state index >= 15 is 0 Å². The third kappa shape index (κ3) is 3.29. The van der Waals surface area contributed by atoms with Gasteiger partial charge in [0, 0.05) is 23.2 Å². The van der Waals surface area contributed by atoms with Gasteiger partial charge in [-0.25, -0.2) is 8.42 Å². The molecule has 0 radical (unpaired) electrons. The predicted octanol–water partition coefficient (Wildman–Crippen LogP) is 2.50. The molecule has 0 spiro atoms. The lowest BCUT2D eigenvalue weighted by Crippen LogP contribution is -2.47. The number of hydrogen-bond acceptors (Lipinski definition) is 4. The zero-order chi connectivity index (χ0) is 15.6. The standard InChI is InChI=1S/C13H17Cl2NO4S/c1-9-8-20-4-3-16(9)21(17,18)12-6-11(15)5-10(7-14)13(12)19-2/h5-6,9H,3-4,7-8H2,1-2H3. The van der Waals surface area contributed by atoms with E-state index in [9.17, 15) is 8.42 Å². The molecule has 1 aromatic carbocycles. The first-order chi connectivity index (χ1) is 9.91. The smallest absolute Gasteiger partial charge is 0.247 e. The van der Waals surface area contributed by atoms with Gasteiger partial charge in [0.15, 0.2) is 0 Å². The molecule has 1 aromatic rings. The van der Waals surface area contributed by atoms with Crippen LogP contribution < -0.4 is 4.74 Å². The second kappa shape index (κ2) is 6.71. The van der Waals surface area contributed by atoms with Crippen LogP contribution in [0, 0.1) is 0 Å². The van der Waals surface area contributed by atoms with Crippen LogP contribution in [-0.2, 0) is 20.6 Å². The highest BCUT2D eigenvalue weighted by atomic mass is 35.5. The van der Waals surface area contributed by atoms with Crippen LogP contribution >= 0.6 is 23.2 Å². The van der Waals surface area contributed by atoms with Gasteiger partial charge < -0.3 is 9.47 Å². The van der Waals surface area contributed by atoms with Crippen LogP contribution in [0.5, 0.6) is 5.75 Å². The largest absolute Gasteiger partial charge is 0.495 e. The van der Waals surface area contributed by atoms with Crippen LogP contribution in [0.15, 0.2) is 17.0 Å². The Morgan fingerprint density at radius 1 is 1.48 bits per heavy atom. The van der Waals surface area contributed by atoms with E-state index in [1.165, 1.54) is 17.5 Å². The second-order valence-corrected chi connectivity index (χ2v) is 7.33. The van der Waals surface area contributed by atoms with Crippen molar-refractivity contribution in [3.8, 4) is 5.75 Å². The van der Waals surface area contributed by atoms with Crippen molar-refractivity contribution in [1.29, 1.82) is 0 Å². The minimum atomic E-state index is -3.72. The number of nitrogens with zero attached hydrogens (tertiary/aromatic N) is 1. The fourth-order valence-electron chi connectivity index (χ4n) is 2.34. The van der Waals surface area contributed by atoms with Crippen molar-refractivity contribution >= 4 is 33.2 Å². The summed E-state index contributed by atoms with van der Waals surface area (Å²) in [4.78, 5) is 0.0434. The fourth-order valence-corrected chi connectivity index (χ4v) is 4.67. The molecule has 0 N–H and O–H groups in total. The van der Waals surface area contributed by atoms with Crippen LogP contribution in [0.4, 0.5) is 0 Å². The summed E-state index contributed by atoms with van der Waals surface area (Å²) < 4.78 is 37.7. The number of rotatable bonds is 4. The quantitative estimate of drug-likeness (QED) is 0.780. The van der Waals surface area contributed by atoms with E-state index in [0.717, 1.165) is 0 Å². The third-order valence-electron chi connectivity index (χ3n) is 3.34. The zero-order valence-electron chi connectivity index (χ0n) is 11.8. The van der Waals surface area contributed by atoms with Gasteiger partial charge in [-0.15, -0.1) is 11.6 Å². The second-order valence-electron chi connectivity index (χ2n) is 4.77. The van der Waals surface area contributed by atoms with Crippen molar-refractivity contribution in [1.82, 2.24) is 4.31 Å². The Hall–Kier alpha value is -0.530.